The molecule has 0 unspecified atom stereocenters. The normalized spacial score (nSPS) is 11.4. The van der Waals surface area contributed by atoms with Gasteiger partial charge in [0.25, 0.3) is 0 Å². The van der Waals surface area contributed by atoms with Crippen LogP contribution in [0.5, 0.6) is 0 Å². The summed E-state index contributed by atoms with van der Waals surface area (Å²) < 4.78 is 6.38. The summed E-state index contributed by atoms with van der Waals surface area (Å²) in [6.07, 6.45) is 1.06. The highest BCUT2D eigenvalue weighted by molar-refractivity contribution is 5.17. The van der Waals surface area contributed by atoms with E-state index in [1.165, 1.54) is 16.7 Å². The van der Waals surface area contributed by atoms with E-state index in [-0.39, 0.29) is 0 Å². The second-order valence-corrected chi connectivity index (χ2v) is 7.34. The number of nitrogens with zero attached hydrogens (tertiary/aromatic N) is 1. The van der Waals surface area contributed by atoms with Crippen LogP contribution >= 0.6 is 0 Å². The molecule has 3 aromatic rings. The van der Waals surface area contributed by atoms with Gasteiger partial charge in [0.1, 0.15) is 19.6 Å². The maximum atomic E-state index is 5.38. The number of quaternary nitrogens is 1. The molecule has 0 spiro atoms. The van der Waals surface area contributed by atoms with Gasteiger partial charge in [0.15, 0.2) is 0 Å². The molecule has 0 saturated carbocycles. The predicted octanol–water partition coefficient (Wildman–Crippen LogP) is 5.44. The highest BCUT2D eigenvalue weighted by atomic mass is 16.5. The van der Waals surface area contributed by atoms with Crippen molar-refractivity contribution in [2.45, 2.75) is 26.1 Å². The first-order chi connectivity index (χ1) is 13.3. The third-order valence-corrected chi connectivity index (χ3v) is 5.06. The molecule has 0 aliphatic heterocycles. The van der Waals surface area contributed by atoms with Crippen LogP contribution in [0, 0.1) is 0 Å². The summed E-state index contributed by atoms with van der Waals surface area (Å²) in [7, 11) is 1.79. The average Bonchev–Trinajstić information content (AvgIpc) is 2.70. The van der Waals surface area contributed by atoms with Gasteiger partial charge in [0, 0.05) is 30.2 Å². The molecule has 0 fully saturated rings. The first-order valence-electron chi connectivity index (χ1n) is 9.75. The maximum absolute atomic E-state index is 5.38. The monoisotopic (exact) mass is 360 g/mol. The molecule has 0 heterocycles. The van der Waals surface area contributed by atoms with E-state index in [0.717, 1.165) is 43.7 Å². The molecule has 140 valence electrons. The Hall–Kier alpha value is -2.42. The lowest BCUT2D eigenvalue weighted by atomic mass is 10.1. The zero-order valence-corrected chi connectivity index (χ0v) is 16.3. The van der Waals surface area contributed by atoms with Crippen molar-refractivity contribution in [1.82, 2.24) is 0 Å². The summed E-state index contributed by atoms with van der Waals surface area (Å²) in [5, 5.41) is 0. The molecule has 0 radical (unpaired) electrons. The Kier molecular flexibility index (Phi) is 7.20. The summed E-state index contributed by atoms with van der Waals surface area (Å²) in [5.74, 6) is 0. The fourth-order valence-corrected chi connectivity index (χ4v) is 3.86. The van der Waals surface area contributed by atoms with Gasteiger partial charge in [-0.2, -0.15) is 0 Å². The van der Waals surface area contributed by atoms with Crippen molar-refractivity contribution in [1.29, 1.82) is 0 Å². The van der Waals surface area contributed by atoms with E-state index in [1.54, 1.807) is 7.11 Å². The second kappa shape index (κ2) is 10.1. The molecule has 0 aliphatic carbocycles. The zero-order chi connectivity index (χ0) is 18.8. The fraction of sp³-hybridized carbons (Fsp3) is 0.280. The molecule has 2 heteroatoms. The maximum Gasteiger partial charge on any atom is 0.105 e. The van der Waals surface area contributed by atoms with Crippen molar-refractivity contribution >= 4 is 0 Å². The molecular weight excluding hydrogens is 330 g/mol. The second-order valence-electron chi connectivity index (χ2n) is 7.34. The van der Waals surface area contributed by atoms with Crippen LogP contribution in [-0.4, -0.2) is 24.7 Å². The van der Waals surface area contributed by atoms with Crippen molar-refractivity contribution in [3.8, 4) is 0 Å². The summed E-state index contributed by atoms with van der Waals surface area (Å²) in [5.41, 5.74) is 4.17. The molecule has 2 nitrogen and oxygen atoms in total. The van der Waals surface area contributed by atoms with Crippen molar-refractivity contribution < 1.29 is 9.22 Å². The minimum atomic E-state index is 0.804. The molecule has 27 heavy (non-hydrogen) atoms. The highest BCUT2D eigenvalue weighted by Gasteiger charge is 2.28. The molecule has 3 rings (SSSR count). The van der Waals surface area contributed by atoms with Gasteiger partial charge in [0.05, 0.1) is 13.2 Å². The molecular formula is C25H30NO+. The van der Waals surface area contributed by atoms with E-state index in [0.29, 0.717) is 0 Å². The number of ether oxygens (including phenoxy) is 1. The van der Waals surface area contributed by atoms with E-state index in [1.807, 2.05) is 0 Å². The van der Waals surface area contributed by atoms with Gasteiger partial charge in [-0.25, -0.2) is 0 Å². The third kappa shape index (κ3) is 6.06. The number of methoxy groups -OCH3 is 1. The Balaban J connectivity index is 1.93. The summed E-state index contributed by atoms with van der Waals surface area (Å²) in [6, 6.07) is 32.6. The van der Waals surface area contributed by atoms with Crippen molar-refractivity contribution in [3.63, 3.8) is 0 Å². The lowest BCUT2D eigenvalue weighted by Crippen LogP contribution is -2.46. The topological polar surface area (TPSA) is 9.23 Å². The van der Waals surface area contributed by atoms with Crippen LogP contribution in [-0.2, 0) is 24.4 Å². The molecule has 3 aromatic carbocycles. The standard InChI is InChI=1S/C25H30NO/c1-27-19-11-18-26(20-23-12-5-2-6-13-23,21-24-14-7-3-8-15-24)22-25-16-9-4-10-17-25/h2-10,12-17H,11,18-22H2,1H3/q+1. The van der Waals surface area contributed by atoms with Crippen LogP contribution < -0.4 is 0 Å². The van der Waals surface area contributed by atoms with Crippen molar-refractivity contribution in [2.75, 3.05) is 20.3 Å². The fourth-order valence-electron chi connectivity index (χ4n) is 3.86. The number of hydrogen-bond acceptors (Lipinski definition) is 1. The predicted molar refractivity (Wildman–Crippen MR) is 112 cm³/mol. The van der Waals surface area contributed by atoms with Crippen LogP contribution in [0.15, 0.2) is 91.0 Å². The quantitative estimate of drug-likeness (QED) is 0.345. The Morgan fingerprint density at radius 1 is 0.593 bits per heavy atom. The van der Waals surface area contributed by atoms with Gasteiger partial charge in [-0.05, 0) is 0 Å². The smallest absolute Gasteiger partial charge is 0.105 e. The van der Waals surface area contributed by atoms with Crippen LogP contribution in [0.1, 0.15) is 23.1 Å². The van der Waals surface area contributed by atoms with E-state index in [2.05, 4.69) is 91.0 Å². The largest absolute Gasteiger partial charge is 0.384 e. The minimum absolute atomic E-state index is 0.804. The first kappa shape index (κ1) is 19.3. The van der Waals surface area contributed by atoms with Crippen LogP contribution in [0.2, 0.25) is 0 Å². The number of benzene rings is 3. The third-order valence-electron chi connectivity index (χ3n) is 5.06. The van der Waals surface area contributed by atoms with E-state index >= 15 is 0 Å². The van der Waals surface area contributed by atoms with Crippen molar-refractivity contribution in [3.05, 3.63) is 108 Å². The van der Waals surface area contributed by atoms with Crippen LogP contribution in [0.25, 0.3) is 0 Å². The lowest BCUT2D eigenvalue weighted by Gasteiger charge is -2.39. The van der Waals surface area contributed by atoms with Crippen LogP contribution in [0.4, 0.5) is 0 Å². The Bertz CT molecular complexity index is 670. The number of hydrogen-bond donors (Lipinski definition) is 0. The van der Waals surface area contributed by atoms with Crippen molar-refractivity contribution in [2.24, 2.45) is 0 Å². The van der Waals surface area contributed by atoms with E-state index in [9.17, 15) is 0 Å². The Labute approximate surface area is 163 Å². The zero-order valence-electron chi connectivity index (χ0n) is 16.3. The SMILES string of the molecule is COCCC[N+](Cc1ccccc1)(Cc1ccccc1)Cc1ccccc1. The lowest BCUT2D eigenvalue weighted by molar-refractivity contribution is -0.966. The number of rotatable bonds is 10. The summed E-state index contributed by atoms with van der Waals surface area (Å²) >= 11 is 0. The highest BCUT2D eigenvalue weighted by Crippen LogP contribution is 2.25. The van der Waals surface area contributed by atoms with E-state index < -0.39 is 0 Å². The average molecular weight is 361 g/mol. The van der Waals surface area contributed by atoms with Crippen LogP contribution in [0.3, 0.4) is 0 Å². The summed E-state index contributed by atoms with van der Waals surface area (Å²) in [6.45, 7) is 4.96. The Morgan fingerprint density at radius 3 is 1.30 bits per heavy atom. The summed E-state index contributed by atoms with van der Waals surface area (Å²) in [4.78, 5) is 0. The van der Waals surface area contributed by atoms with Gasteiger partial charge in [0.2, 0.25) is 0 Å². The molecule has 0 saturated heterocycles. The molecule has 0 aromatic heterocycles. The Morgan fingerprint density at radius 2 is 0.963 bits per heavy atom. The molecule has 0 N–H and O–H groups in total. The van der Waals surface area contributed by atoms with Gasteiger partial charge < -0.3 is 9.22 Å². The van der Waals surface area contributed by atoms with E-state index in [4.69, 9.17) is 4.74 Å². The molecule has 0 aliphatic rings. The minimum Gasteiger partial charge on any atom is -0.384 e. The van der Waals surface area contributed by atoms with Gasteiger partial charge in [-0.1, -0.05) is 91.0 Å². The molecule has 0 atom stereocenters. The first-order valence-corrected chi connectivity index (χ1v) is 9.75. The van der Waals surface area contributed by atoms with Gasteiger partial charge in [-0.15, -0.1) is 0 Å². The van der Waals surface area contributed by atoms with Gasteiger partial charge in [-0.3, -0.25) is 0 Å². The molecule has 0 amide bonds. The van der Waals surface area contributed by atoms with Gasteiger partial charge >= 0.3 is 0 Å². The molecule has 0 bridgehead atoms.